The molecule has 0 aliphatic heterocycles. The summed E-state index contributed by atoms with van der Waals surface area (Å²) in [5.41, 5.74) is 0. The van der Waals surface area contributed by atoms with E-state index >= 15 is 0 Å². The van der Waals surface area contributed by atoms with Crippen LogP contribution in [0.2, 0.25) is 0 Å². The Kier molecular flexibility index (Phi) is 5.26. The third-order valence-corrected chi connectivity index (χ3v) is 2.01. The van der Waals surface area contributed by atoms with Gasteiger partial charge in [-0.3, -0.25) is 9.59 Å². The van der Waals surface area contributed by atoms with E-state index in [4.69, 9.17) is 5.11 Å². The minimum atomic E-state index is -4.56. The fourth-order valence-electron chi connectivity index (χ4n) is 1.37. The number of hydrogen-bond donors (Lipinski definition) is 1. The lowest BCUT2D eigenvalue weighted by Gasteiger charge is -2.27. The monoisotopic (exact) mass is 241 g/mol. The second-order valence-electron chi connectivity index (χ2n) is 3.42. The summed E-state index contributed by atoms with van der Waals surface area (Å²) >= 11 is 0. The van der Waals surface area contributed by atoms with Gasteiger partial charge in [-0.05, 0) is 13.8 Å². The Morgan fingerprint density at radius 3 is 2.19 bits per heavy atom. The average molecular weight is 241 g/mol. The Labute approximate surface area is 91.0 Å². The van der Waals surface area contributed by atoms with E-state index < -0.39 is 30.5 Å². The average Bonchev–Trinajstić information content (AvgIpc) is 1.99. The first-order chi connectivity index (χ1) is 7.17. The van der Waals surface area contributed by atoms with Gasteiger partial charge in [-0.25, -0.2) is 0 Å². The van der Waals surface area contributed by atoms with Crippen molar-refractivity contribution in [2.45, 2.75) is 38.9 Å². The Hall–Kier alpha value is -1.27. The van der Waals surface area contributed by atoms with Gasteiger partial charge in [0, 0.05) is 12.6 Å². The van der Waals surface area contributed by atoms with Gasteiger partial charge < -0.3 is 10.0 Å². The van der Waals surface area contributed by atoms with Crippen molar-refractivity contribution in [3.63, 3.8) is 0 Å². The smallest absolute Gasteiger partial charge is 0.397 e. The van der Waals surface area contributed by atoms with Crippen LogP contribution >= 0.6 is 0 Å². The van der Waals surface area contributed by atoms with Gasteiger partial charge in [0.25, 0.3) is 0 Å². The van der Waals surface area contributed by atoms with Crippen molar-refractivity contribution < 1.29 is 27.9 Å². The molecule has 0 saturated carbocycles. The molecule has 0 aromatic heterocycles. The Morgan fingerprint density at radius 1 is 1.38 bits per heavy atom. The molecule has 1 atom stereocenters. The quantitative estimate of drug-likeness (QED) is 0.796. The minimum absolute atomic E-state index is 0.0589. The fourth-order valence-corrected chi connectivity index (χ4v) is 1.37. The molecule has 0 aliphatic rings. The molecule has 94 valence electrons. The highest BCUT2D eigenvalue weighted by atomic mass is 19.4. The largest absolute Gasteiger partial charge is 0.481 e. The number of nitrogens with zero attached hydrogens (tertiary/aromatic N) is 1. The number of alkyl halides is 3. The zero-order chi connectivity index (χ0) is 12.9. The summed E-state index contributed by atoms with van der Waals surface area (Å²) in [5, 5.41) is 8.48. The fraction of sp³-hybridized carbons (Fsp3) is 0.778. The molecule has 0 bridgehead atoms. The molecule has 0 rings (SSSR count). The number of carbonyl (C=O) groups excluding carboxylic acids is 1. The van der Waals surface area contributed by atoms with Crippen LogP contribution in [-0.2, 0) is 9.59 Å². The second kappa shape index (κ2) is 5.72. The molecule has 1 N–H and O–H groups in total. The normalized spacial score (nSPS) is 13.3. The summed E-state index contributed by atoms with van der Waals surface area (Å²) in [4.78, 5) is 22.5. The maximum absolute atomic E-state index is 12.0. The molecule has 0 spiro atoms. The van der Waals surface area contributed by atoms with Gasteiger partial charge in [-0.2, -0.15) is 13.2 Å². The number of carboxylic acids is 1. The van der Waals surface area contributed by atoms with Crippen LogP contribution in [0.1, 0.15) is 26.7 Å². The molecule has 0 radical (unpaired) electrons. The lowest BCUT2D eigenvalue weighted by Crippen LogP contribution is -2.41. The van der Waals surface area contributed by atoms with Gasteiger partial charge in [0.2, 0.25) is 5.91 Å². The van der Waals surface area contributed by atoms with Gasteiger partial charge in [0.15, 0.2) is 0 Å². The molecular formula is C9H14F3NO3. The van der Waals surface area contributed by atoms with E-state index in [-0.39, 0.29) is 13.0 Å². The van der Waals surface area contributed by atoms with E-state index in [1.807, 2.05) is 0 Å². The Morgan fingerprint density at radius 2 is 1.88 bits per heavy atom. The Balaban J connectivity index is 4.48. The molecule has 0 aliphatic carbocycles. The third kappa shape index (κ3) is 5.57. The molecule has 0 heterocycles. The zero-order valence-electron chi connectivity index (χ0n) is 9.04. The molecule has 1 unspecified atom stereocenters. The Bertz CT molecular complexity index is 265. The topological polar surface area (TPSA) is 57.6 Å². The van der Waals surface area contributed by atoms with Crippen LogP contribution in [-0.4, -0.2) is 40.6 Å². The van der Waals surface area contributed by atoms with E-state index in [0.29, 0.717) is 0 Å². The van der Waals surface area contributed by atoms with Crippen LogP contribution in [0.25, 0.3) is 0 Å². The highest BCUT2D eigenvalue weighted by Gasteiger charge is 2.34. The van der Waals surface area contributed by atoms with Crippen LogP contribution in [0.5, 0.6) is 0 Å². The summed E-state index contributed by atoms with van der Waals surface area (Å²) in [7, 11) is 0. The third-order valence-electron chi connectivity index (χ3n) is 2.01. The van der Waals surface area contributed by atoms with Crippen LogP contribution < -0.4 is 0 Å². The molecule has 1 amide bonds. The molecule has 0 aromatic rings. The van der Waals surface area contributed by atoms with Gasteiger partial charge in [-0.1, -0.05) is 0 Å². The summed E-state index contributed by atoms with van der Waals surface area (Å²) in [6, 6.07) is -0.739. The van der Waals surface area contributed by atoms with Crippen LogP contribution in [0, 0.1) is 0 Å². The zero-order valence-corrected chi connectivity index (χ0v) is 9.04. The molecule has 0 saturated heterocycles. The van der Waals surface area contributed by atoms with Crippen LogP contribution in [0.4, 0.5) is 13.2 Å². The first-order valence-corrected chi connectivity index (χ1v) is 4.75. The van der Waals surface area contributed by atoms with Crippen molar-refractivity contribution in [2.75, 3.05) is 6.54 Å². The molecule has 7 heteroatoms. The number of carboxylic acid groups (broad SMARTS) is 1. The first-order valence-electron chi connectivity index (χ1n) is 4.75. The summed E-state index contributed by atoms with van der Waals surface area (Å²) in [5.74, 6) is -2.24. The van der Waals surface area contributed by atoms with E-state index in [9.17, 15) is 22.8 Å². The number of halogens is 3. The molecule has 4 nitrogen and oxygen atoms in total. The maximum Gasteiger partial charge on any atom is 0.397 e. The first kappa shape index (κ1) is 14.7. The second-order valence-corrected chi connectivity index (χ2v) is 3.42. The molecular weight excluding hydrogens is 227 g/mol. The summed E-state index contributed by atoms with van der Waals surface area (Å²) in [6.07, 6.45) is -6.48. The number of amides is 1. The predicted molar refractivity (Wildman–Crippen MR) is 49.8 cm³/mol. The van der Waals surface area contributed by atoms with E-state index in [1.54, 1.807) is 0 Å². The molecule has 0 aromatic carbocycles. The van der Waals surface area contributed by atoms with Gasteiger partial charge >= 0.3 is 12.1 Å². The van der Waals surface area contributed by atoms with Gasteiger partial charge in [-0.15, -0.1) is 0 Å². The van der Waals surface area contributed by atoms with Crippen molar-refractivity contribution in [1.82, 2.24) is 4.90 Å². The van der Waals surface area contributed by atoms with E-state index in [1.165, 1.54) is 13.8 Å². The van der Waals surface area contributed by atoms with E-state index in [2.05, 4.69) is 0 Å². The predicted octanol–water partition coefficient (Wildman–Crippen LogP) is 1.65. The number of aliphatic carboxylic acids is 1. The molecule has 0 fully saturated rings. The van der Waals surface area contributed by atoms with Crippen molar-refractivity contribution in [3.8, 4) is 0 Å². The summed E-state index contributed by atoms with van der Waals surface area (Å²) in [6.45, 7) is 2.97. The van der Waals surface area contributed by atoms with Crippen molar-refractivity contribution in [2.24, 2.45) is 0 Å². The number of rotatable bonds is 5. The van der Waals surface area contributed by atoms with Crippen molar-refractivity contribution >= 4 is 11.9 Å². The SMILES string of the molecule is CCN(C(=O)CC(F)(F)F)C(C)CC(=O)O. The molecule has 16 heavy (non-hydrogen) atoms. The van der Waals surface area contributed by atoms with Gasteiger partial charge in [0.05, 0.1) is 6.42 Å². The highest BCUT2D eigenvalue weighted by molar-refractivity contribution is 5.78. The standard InChI is InChI=1S/C9H14F3NO3/c1-3-13(6(2)4-8(15)16)7(14)5-9(10,11)12/h6H,3-5H2,1-2H3,(H,15,16). The van der Waals surface area contributed by atoms with Crippen LogP contribution in [0.3, 0.4) is 0 Å². The maximum atomic E-state index is 12.0. The minimum Gasteiger partial charge on any atom is -0.481 e. The number of carbonyl (C=O) groups is 2. The number of hydrogen-bond acceptors (Lipinski definition) is 2. The lowest BCUT2D eigenvalue weighted by atomic mass is 10.2. The van der Waals surface area contributed by atoms with Crippen LogP contribution in [0.15, 0.2) is 0 Å². The van der Waals surface area contributed by atoms with Gasteiger partial charge in [0.1, 0.15) is 6.42 Å². The van der Waals surface area contributed by atoms with E-state index in [0.717, 1.165) is 4.90 Å². The lowest BCUT2D eigenvalue weighted by molar-refractivity contribution is -0.162. The van der Waals surface area contributed by atoms with Crippen molar-refractivity contribution in [3.05, 3.63) is 0 Å². The summed E-state index contributed by atoms with van der Waals surface area (Å²) < 4.78 is 35.9. The highest BCUT2D eigenvalue weighted by Crippen LogP contribution is 2.21. The van der Waals surface area contributed by atoms with Crippen molar-refractivity contribution in [1.29, 1.82) is 0 Å².